The molecule has 3 heteroatoms. The second-order valence-corrected chi connectivity index (χ2v) is 5.91. The molecule has 3 unspecified atom stereocenters. The van der Waals surface area contributed by atoms with Gasteiger partial charge in [-0.2, -0.15) is 0 Å². The van der Waals surface area contributed by atoms with Gasteiger partial charge in [0.1, 0.15) is 0 Å². The van der Waals surface area contributed by atoms with E-state index in [2.05, 4.69) is 31.0 Å². The predicted molar refractivity (Wildman–Crippen MR) is 71.3 cm³/mol. The molecule has 2 saturated heterocycles. The zero-order chi connectivity index (χ0) is 12.3. The van der Waals surface area contributed by atoms with E-state index in [1.165, 1.54) is 25.8 Å². The van der Waals surface area contributed by atoms with Crippen LogP contribution in [0.4, 0.5) is 0 Å². The number of ether oxygens (including phenoxy) is 1. The van der Waals surface area contributed by atoms with Crippen molar-refractivity contribution in [3.63, 3.8) is 0 Å². The third-order valence-corrected chi connectivity index (χ3v) is 4.31. The van der Waals surface area contributed by atoms with E-state index in [4.69, 9.17) is 4.74 Å². The number of nitrogens with one attached hydrogen (secondary N) is 1. The van der Waals surface area contributed by atoms with Gasteiger partial charge in [0.25, 0.3) is 0 Å². The van der Waals surface area contributed by atoms with Gasteiger partial charge in [-0.1, -0.05) is 20.8 Å². The van der Waals surface area contributed by atoms with Crippen molar-refractivity contribution in [2.75, 3.05) is 26.2 Å². The fraction of sp³-hybridized carbons (Fsp3) is 1.00. The predicted octanol–water partition coefficient (Wildman–Crippen LogP) is 1.87. The number of fused-ring (bicyclic) bond motifs is 1. The molecule has 17 heavy (non-hydrogen) atoms. The van der Waals surface area contributed by atoms with Crippen molar-refractivity contribution >= 4 is 0 Å². The Hall–Kier alpha value is -0.120. The average Bonchev–Trinajstić information content (AvgIpc) is 2.76. The summed E-state index contributed by atoms with van der Waals surface area (Å²) in [6, 6.07) is 1.35. The molecule has 0 aromatic heterocycles. The Morgan fingerprint density at radius 2 is 2.24 bits per heavy atom. The molecular formula is C14H28N2O. The standard InChI is InChI=1S/C14H28N2O/c1-4-14(11(2)3)15-8-13-9-16-7-5-6-12(16)10-17-13/h11-15H,4-10H2,1-3H3. The van der Waals surface area contributed by atoms with Crippen molar-refractivity contribution < 1.29 is 4.74 Å². The van der Waals surface area contributed by atoms with Crippen molar-refractivity contribution in [1.29, 1.82) is 0 Å². The van der Waals surface area contributed by atoms with E-state index >= 15 is 0 Å². The van der Waals surface area contributed by atoms with E-state index in [0.717, 1.165) is 25.7 Å². The fourth-order valence-corrected chi connectivity index (χ4v) is 3.14. The fourth-order valence-electron chi connectivity index (χ4n) is 3.14. The van der Waals surface area contributed by atoms with Gasteiger partial charge < -0.3 is 10.1 Å². The normalized spacial score (nSPS) is 31.8. The number of rotatable bonds is 5. The van der Waals surface area contributed by atoms with Gasteiger partial charge in [0.05, 0.1) is 12.7 Å². The summed E-state index contributed by atoms with van der Waals surface area (Å²) in [5.74, 6) is 0.711. The van der Waals surface area contributed by atoms with Crippen molar-refractivity contribution in [1.82, 2.24) is 10.2 Å². The Kier molecular flexibility index (Phi) is 4.83. The molecule has 2 fully saturated rings. The first-order chi connectivity index (χ1) is 8.20. The topological polar surface area (TPSA) is 24.5 Å². The summed E-state index contributed by atoms with van der Waals surface area (Å²) in [4.78, 5) is 2.62. The zero-order valence-corrected chi connectivity index (χ0v) is 11.6. The number of hydrogen-bond donors (Lipinski definition) is 1. The van der Waals surface area contributed by atoms with Crippen LogP contribution in [0.2, 0.25) is 0 Å². The van der Waals surface area contributed by atoms with E-state index in [1.54, 1.807) is 0 Å². The summed E-state index contributed by atoms with van der Waals surface area (Å²) in [7, 11) is 0. The largest absolute Gasteiger partial charge is 0.374 e. The van der Waals surface area contributed by atoms with Crippen LogP contribution in [0, 0.1) is 5.92 Å². The summed E-state index contributed by atoms with van der Waals surface area (Å²) in [6.07, 6.45) is 4.30. The first kappa shape index (κ1) is 13.3. The Balaban J connectivity index is 1.72. The van der Waals surface area contributed by atoms with Crippen LogP contribution in [0.3, 0.4) is 0 Å². The monoisotopic (exact) mass is 240 g/mol. The van der Waals surface area contributed by atoms with Gasteiger partial charge in [-0.15, -0.1) is 0 Å². The smallest absolute Gasteiger partial charge is 0.0827 e. The van der Waals surface area contributed by atoms with Crippen LogP contribution in [0.1, 0.15) is 40.0 Å². The van der Waals surface area contributed by atoms with Crippen molar-refractivity contribution in [2.45, 2.75) is 58.2 Å². The maximum Gasteiger partial charge on any atom is 0.0827 e. The molecule has 0 aliphatic carbocycles. The molecule has 2 aliphatic rings. The Labute approximate surface area is 106 Å². The molecule has 2 rings (SSSR count). The maximum atomic E-state index is 5.96. The van der Waals surface area contributed by atoms with Crippen LogP contribution in [-0.4, -0.2) is 49.3 Å². The highest BCUT2D eigenvalue weighted by Crippen LogP contribution is 2.22. The highest BCUT2D eigenvalue weighted by molar-refractivity contribution is 4.86. The average molecular weight is 240 g/mol. The summed E-state index contributed by atoms with van der Waals surface area (Å²) in [5, 5.41) is 3.67. The lowest BCUT2D eigenvalue weighted by Gasteiger charge is -2.36. The third kappa shape index (κ3) is 3.43. The van der Waals surface area contributed by atoms with E-state index in [1.807, 2.05) is 0 Å². The molecule has 2 aliphatic heterocycles. The van der Waals surface area contributed by atoms with Crippen molar-refractivity contribution in [3.05, 3.63) is 0 Å². The highest BCUT2D eigenvalue weighted by atomic mass is 16.5. The minimum Gasteiger partial charge on any atom is -0.374 e. The molecule has 3 atom stereocenters. The van der Waals surface area contributed by atoms with Gasteiger partial charge >= 0.3 is 0 Å². The molecule has 0 spiro atoms. The molecule has 0 aromatic rings. The van der Waals surface area contributed by atoms with Crippen LogP contribution >= 0.6 is 0 Å². The van der Waals surface area contributed by atoms with Crippen LogP contribution in [0.25, 0.3) is 0 Å². The van der Waals surface area contributed by atoms with Crippen LogP contribution in [0.15, 0.2) is 0 Å². The van der Waals surface area contributed by atoms with E-state index in [-0.39, 0.29) is 0 Å². The number of morpholine rings is 1. The SMILES string of the molecule is CCC(NCC1CN2CCCC2CO1)C(C)C. The van der Waals surface area contributed by atoms with Crippen LogP contribution < -0.4 is 5.32 Å². The minimum absolute atomic E-state index is 0.400. The number of nitrogens with zero attached hydrogens (tertiary/aromatic N) is 1. The second-order valence-electron chi connectivity index (χ2n) is 5.91. The summed E-state index contributed by atoms with van der Waals surface area (Å²) in [6.45, 7) is 11.2. The first-order valence-corrected chi connectivity index (χ1v) is 7.29. The van der Waals surface area contributed by atoms with E-state index in [0.29, 0.717) is 18.1 Å². The van der Waals surface area contributed by atoms with Gasteiger partial charge in [0.2, 0.25) is 0 Å². The summed E-state index contributed by atoms with van der Waals surface area (Å²) >= 11 is 0. The zero-order valence-electron chi connectivity index (χ0n) is 11.6. The molecule has 1 N–H and O–H groups in total. The Morgan fingerprint density at radius 3 is 2.94 bits per heavy atom. The molecule has 0 radical (unpaired) electrons. The Bertz CT molecular complexity index is 232. The molecule has 100 valence electrons. The minimum atomic E-state index is 0.400. The van der Waals surface area contributed by atoms with Gasteiger partial charge in [0, 0.05) is 25.2 Å². The first-order valence-electron chi connectivity index (χ1n) is 7.29. The van der Waals surface area contributed by atoms with Gasteiger partial charge in [-0.3, -0.25) is 4.90 Å². The van der Waals surface area contributed by atoms with Crippen LogP contribution in [0.5, 0.6) is 0 Å². The summed E-state index contributed by atoms with van der Waals surface area (Å²) < 4.78 is 5.96. The van der Waals surface area contributed by atoms with Crippen molar-refractivity contribution in [2.24, 2.45) is 5.92 Å². The quantitative estimate of drug-likeness (QED) is 0.794. The summed E-state index contributed by atoms with van der Waals surface area (Å²) in [5.41, 5.74) is 0. The van der Waals surface area contributed by atoms with E-state index in [9.17, 15) is 0 Å². The Morgan fingerprint density at radius 1 is 1.41 bits per heavy atom. The molecule has 3 nitrogen and oxygen atoms in total. The molecule has 0 bridgehead atoms. The second kappa shape index (κ2) is 6.17. The maximum absolute atomic E-state index is 5.96. The molecule has 0 aromatic carbocycles. The van der Waals surface area contributed by atoms with Crippen molar-refractivity contribution in [3.8, 4) is 0 Å². The molecule has 0 saturated carbocycles. The van der Waals surface area contributed by atoms with Gasteiger partial charge in [-0.05, 0) is 31.7 Å². The number of hydrogen-bond acceptors (Lipinski definition) is 3. The third-order valence-electron chi connectivity index (χ3n) is 4.31. The molecule has 0 amide bonds. The lowest BCUT2D eigenvalue weighted by atomic mass is 10.0. The lowest BCUT2D eigenvalue weighted by Crippen LogP contribution is -2.51. The van der Waals surface area contributed by atoms with Gasteiger partial charge in [0.15, 0.2) is 0 Å². The van der Waals surface area contributed by atoms with Crippen LogP contribution in [-0.2, 0) is 4.74 Å². The lowest BCUT2D eigenvalue weighted by molar-refractivity contribution is -0.0483. The van der Waals surface area contributed by atoms with Gasteiger partial charge in [-0.25, -0.2) is 0 Å². The molecule has 2 heterocycles. The molecular weight excluding hydrogens is 212 g/mol. The van der Waals surface area contributed by atoms with E-state index < -0.39 is 0 Å². The highest BCUT2D eigenvalue weighted by Gasteiger charge is 2.32.